The topological polar surface area (TPSA) is 81.8 Å². The van der Waals surface area contributed by atoms with E-state index < -0.39 is 10.0 Å². The maximum absolute atomic E-state index is 12.9. The van der Waals surface area contributed by atoms with Crippen molar-refractivity contribution in [1.29, 1.82) is 0 Å². The van der Waals surface area contributed by atoms with Gasteiger partial charge in [-0.05, 0) is 68.3 Å². The summed E-state index contributed by atoms with van der Waals surface area (Å²) in [5, 5.41) is 5.25. The standard InChI is InChI=1S/C24H34N4O3S2/c1-19-9-13-27(14-10-19)22(23-8-5-17-32-23)18-25-24(29)28-15-11-20(12-16-28)26-33(30,31)21-6-3-2-4-7-21/h2-8,17,19-20,22,26H,9-16,18H2,1H3,(H,25,29). The number of hydrogen-bond acceptors (Lipinski definition) is 5. The maximum atomic E-state index is 12.9. The number of carbonyl (C=O) groups excluding carboxylic acids is 1. The molecule has 1 aromatic carbocycles. The Morgan fingerprint density at radius 1 is 1.03 bits per heavy atom. The maximum Gasteiger partial charge on any atom is 0.317 e. The molecular weight excluding hydrogens is 456 g/mol. The number of hydrogen-bond donors (Lipinski definition) is 2. The number of nitrogens with one attached hydrogen (secondary N) is 2. The van der Waals surface area contributed by atoms with Gasteiger partial charge in [0.1, 0.15) is 0 Å². The lowest BCUT2D eigenvalue weighted by molar-refractivity contribution is 0.133. The van der Waals surface area contributed by atoms with Crippen molar-refractivity contribution in [2.45, 2.75) is 49.6 Å². The number of thiophene rings is 1. The molecule has 1 atom stereocenters. The number of carbonyl (C=O) groups is 1. The fourth-order valence-corrected chi connectivity index (χ4v) is 6.80. The Bertz CT molecular complexity index is 982. The summed E-state index contributed by atoms with van der Waals surface area (Å²) in [6.45, 7) is 6.10. The van der Waals surface area contributed by atoms with Crippen LogP contribution in [0, 0.1) is 5.92 Å². The molecule has 2 amide bonds. The summed E-state index contributed by atoms with van der Waals surface area (Å²) in [7, 11) is -3.53. The largest absolute Gasteiger partial charge is 0.336 e. The molecule has 180 valence electrons. The van der Waals surface area contributed by atoms with Crippen LogP contribution in [0.3, 0.4) is 0 Å². The molecule has 0 saturated carbocycles. The van der Waals surface area contributed by atoms with Crippen LogP contribution in [0.2, 0.25) is 0 Å². The molecule has 1 unspecified atom stereocenters. The van der Waals surface area contributed by atoms with Crippen molar-refractivity contribution in [3.05, 3.63) is 52.7 Å². The van der Waals surface area contributed by atoms with Crippen molar-refractivity contribution in [2.24, 2.45) is 5.92 Å². The van der Waals surface area contributed by atoms with Gasteiger partial charge in [0.05, 0.1) is 10.9 Å². The van der Waals surface area contributed by atoms with Crippen LogP contribution in [0.1, 0.15) is 43.5 Å². The number of nitrogens with zero attached hydrogens (tertiary/aromatic N) is 2. The van der Waals surface area contributed by atoms with E-state index in [2.05, 4.69) is 39.4 Å². The van der Waals surface area contributed by atoms with Gasteiger partial charge in [-0.25, -0.2) is 17.9 Å². The van der Waals surface area contributed by atoms with Crippen molar-refractivity contribution in [3.63, 3.8) is 0 Å². The van der Waals surface area contributed by atoms with Crippen LogP contribution >= 0.6 is 11.3 Å². The van der Waals surface area contributed by atoms with E-state index in [4.69, 9.17) is 0 Å². The van der Waals surface area contributed by atoms with Gasteiger partial charge in [-0.1, -0.05) is 31.2 Å². The smallest absolute Gasteiger partial charge is 0.317 e. The van der Waals surface area contributed by atoms with E-state index >= 15 is 0 Å². The van der Waals surface area contributed by atoms with Crippen LogP contribution in [0.4, 0.5) is 4.79 Å². The Kier molecular flexibility index (Phi) is 8.06. The molecular formula is C24H34N4O3S2. The first kappa shape index (κ1) is 24.2. The Labute approximate surface area is 201 Å². The fourth-order valence-electron chi connectivity index (χ4n) is 4.61. The highest BCUT2D eigenvalue weighted by molar-refractivity contribution is 7.89. The molecule has 2 fully saturated rings. The van der Waals surface area contributed by atoms with Crippen LogP contribution in [0.15, 0.2) is 52.7 Å². The molecule has 2 aliphatic rings. The van der Waals surface area contributed by atoms with Crippen LogP contribution in [0.25, 0.3) is 0 Å². The molecule has 4 rings (SSSR count). The molecule has 0 aliphatic carbocycles. The first-order valence-electron chi connectivity index (χ1n) is 11.8. The highest BCUT2D eigenvalue weighted by Gasteiger charge is 2.29. The Morgan fingerprint density at radius 3 is 2.36 bits per heavy atom. The number of benzene rings is 1. The fraction of sp³-hybridized carbons (Fsp3) is 0.542. The molecule has 1 aromatic heterocycles. The zero-order chi connectivity index (χ0) is 23.3. The first-order chi connectivity index (χ1) is 15.9. The van der Waals surface area contributed by atoms with Gasteiger partial charge in [0.25, 0.3) is 0 Å². The molecule has 33 heavy (non-hydrogen) atoms. The number of amides is 2. The average Bonchev–Trinajstić information content (AvgIpc) is 3.36. The third kappa shape index (κ3) is 6.35. The monoisotopic (exact) mass is 490 g/mol. The minimum absolute atomic E-state index is 0.0636. The van der Waals surface area contributed by atoms with Crippen molar-refractivity contribution in [3.8, 4) is 0 Å². The zero-order valence-corrected chi connectivity index (χ0v) is 20.8. The quantitative estimate of drug-likeness (QED) is 0.621. The summed E-state index contributed by atoms with van der Waals surface area (Å²) >= 11 is 1.74. The molecule has 9 heteroatoms. The van der Waals surface area contributed by atoms with E-state index in [0.29, 0.717) is 32.5 Å². The Balaban J connectivity index is 1.28. The summed E-state index contributed by atoms with van der Waals surface area (Å²) < 4.78 is 27.9. The summed E-state index contributed by atoms with van der Waals surface area (Å²) in [6, 6.07) is 12.6. The van der Waals surface area contributed by atoms with Crippen molar-refractivity contribution in [2.75, 3.05) is 32.7 Å². The predicted molar refractivity (Wildman–Crippen MR) is 132 cm³/mol. The third-order valence-electron chi connectivity index (χ3n) is 6.73. The van der Waals surface area contributed by atoms with Gasteiger partial charge >= 0.3 is 6.03 Å². The summed E-state index contributed by atoms with van der Waals surface area (Å²) in [5.41, 5.74) is 0. The summed E-state index contributed by atoms with van der Waals surface area (Å²) in [6.07, 6.45) is 3.61. The van der Waals surface area contributed by atoms with Gasteiger partial charge < -0.3 is 10.2 Å². The van der Waals surface area contributed by atoms with E-state index in [-0.39, 0.29) is 23.0 Å². The highest BCUT2D eigenvalue weighted by atomic mass is 32.2. The average molecular weight is 491 g/mol. The molecule has 2 saturated heterocycles. The second-order valence-electron chi connectivity index (χ2n) is 9.13. The van der Waals surface area contributed by atoms with E-state index in [1.807, 2.05) is 0 Å². The van der Waals surface area contributed by atoms with E-state index in [9.17, 15) is 13.2 Å². The first-order valence-corrected chi connectivity index (χ1v) is 14.2. The molecule has 2 aromatic rings. The molecule has 3 heterocycles. The van der Waals surface area contributed by atoms with Gasteiger partial charge in [-0.15, -0.1) is 11.3 Å². The van der Waals surface area contributed by atoms with Gasteiger partial charge in [0.2, 0.25) is 10.0 Å². The lowest BCUT2D eigenvalue weighted by Gasteiger charge is -2.37. The van der Waals surface area contributed by atoms with Crippen molar-refractivity contribution < 1.29 is 13.2 Å². The molecule has 2 N–H and O–H groups in total. The third-order valence-corrected chi connectivity index (χ3v) is 9.24. The molecule has 0 bridgehead atoms. The van der Waals surface area contributed by atoms with Gasteiger partial charge in [-0.3, -0.25) is 4.90 Å². The lowest BCUT2D eigenvalue weighted by Crippen LogP contribution is -2.50. The van der Waals surface area contributed by atoms with Crippen LogP contribution in [0.5, 0.6) is 0 Å². The molecule has 7 nitrogen and oxygen atoms in total. The van der Waals surface area contributed by atoms with E-state index in [1.54, 1.807) is 46.6 Å². The van der Waals surface area contributed by atoms with E-state index in [1.165, 1.54) is 17.7 Å². The number of likely N-dealkylation sites (tertiary alicyclic amines) is 2. The van der Waals surface area contributed by atoms with E-state index in [0.717, 1.165) is 19.0 Å². The summed E-state index contributed by atoms with van der Waals surface area (Å²) in [5.74, 6) is 0.764. The molecule has 0 spiro atoms. The highest BCUT2D eigenvalue weighted by Crippen LogP contribution is 2.29. The lowest BCUT2D eigenvalue weighted by atomic mass is 9.97. The van der Waals surface area contributed by atoms with Gasteiger partial charge in [0, 0.05) is 30.6 Å². The van der Waals surface area contributed by atoms with Crippen LogP contribution in [-0.4, -0.2) is 63.0 Å². The van der Waals surface area contributed by atoms with Crippen LogP contribution < -0.4 is 10.0 Å². The SMILES string of the molecule is CC1CCN(C(CNC(=O)N2CCC(NS(=O)(=O)c3ccccc3)CC2)c2cccs2)CC1. The van der Waals surface area contributed by atoms with Crippen molar-refractivity contribution in [1.82, 2.24) is 19.8 Å². The van der Waals surface area contributed by atoms with Crippen LogP contribution in [-0.2, 0) is 10.0 Å². The number of sulfonamides is 1. The van der Waals surface area contributed by atoms with Gasteiger partial charge in [-0.2, -0.15) is 0 Å². The number of piperidine rings is 2. The Hall–Kier alpha value is -1.94. The zero-order valence-electron chi connectivity index (χ0n) is 19.2. The van der Waals surface area contributed by atoms with Crippen molar-refractivity contribution >= 4 is 27.4 Å². The molecule has 0 radical (unpaired) electrons. The predicted octanol–water partition coefficient (Wildman–Crippen LogP) is 3.67. The minimum Gasteiger partial charge on any atom is -0.336 e. The second kappa shape index (κ2) is 11.0. The second-order valence-corrected chi connectivity index (χ2v) is 11.8. The normalized spacial score (nSPS) is 20.0. The number of rotatable bonds is 7. The summed E-state index contributed by atoms with van der Waals surface area (Å²) in [4.78, 5) is 18.7. The minimum atomic E-state index is -3.53. The Morgan fingerprint density at radius 2 is 1.73 bits per heavy atom. The molecule has 2 aliphatic heterocycles. The van der Waals surface area contributed by atoms with Gasteiger partial charge in [0.15, 0.2) is 0 Å². The number of urea groups is 1.